The number of aromatic nitrogens is 2. The van der Waals surface area contributed by atoms with Gasteiger partial charge >= 0.3 is 0 Å². The highest BCUT2D eigenvalue weighted by Gasteiger charge is 2.37. The summed E-state index contributed by atoms with van der Waals surface area (Å²) in [6, 6.07) is 6.19. The topological polar surface area (TPSA) is 41.8 Å². The molecule has 2 fully saturated rings. The Morgan fingerprint density at radius 1 is 1.32 bits per heavy atom. The zero-order valence-electron chi connectivity index (χ0n) is 13.2. The normalized spacial score (nSPS) is 22.4. The van der Waals surface area contributed by atoms with Crippen molar-refractivity contribution < 1.29 is 4.74 Å². The fraction of sp³-hybridized carbons (Fsp3) is 0.588. The number of piperidine rings is 1. The van der Waals surface area contributed by atoms with E-state index in [1.54, 1.807) is 0 Å². The summed E-state index contributed by atoms with van der Waals surface area (Å²) in [4.78, 5) is 7.20. The second-order valence-corrected chi connectivity index (χ2v) is 6.56. The number of hydrogen-bond donors (Lipinski definition) is 1. The van der Waals surface area contributed by atoms with E-state index in [1.807, 2.05) is 6.07 Å². The van der Waals surface area contributed by atoms with Crippen LogP contribution in [0.3, 0.4) is 0 Å². The lowest BCUT2D eigenvalue weighted by Gasteiger charge is -2.44. The molecule has 2 saturated heterocycles. The van der Waals surface area contributed by atoms with Crippen molar-refractivity contribution in [3.05, 3.63) is 35.8 Å². The molecular formula is C17H24N4O. The van der Waals surface area contributed by atoms with E-state index in [0.29, 0.717) is 0 Å². The highest BCUT2D eigenvalue weighted by Crippen LogP contribution is 2.28. The van der Waals surface area contributed by atoms with Gasteiger partial charge in [0.15, 0.2) is 0 Å². The van der Waals surface area contributed by atoms with E-state index < -0.39 is 0 Å². The van der Waals surface area contributed by atoms with E-state index in [-0.39, 0.29) is 5.60 Å². The van der Waals surface area contributed by atoms with Gasteiger partial charge in [-0.2, -0.15) is 0 Å². The van der Waals surface area contributed by atoms with E-state index >= 15 is 0 Å². The molecule has 0 aliphatic carbocycles. The van der Waals surface area contributed by atoms with Crippen LogP contribution in [0.25, 0.3) is 5.65 Å². The van der Waals surface area contributed by atoms with E-state index in [1.165, 1.54) is 5.69 Å². The predicted molar refractivity (Wildman–Crippen MR) is 86.0 cm³/mol. The van der Waals surface area contributed by atoms with Gasteiger partial charge in [0.25, 0.3) is 0 Å². The third-order valence-electron chi connectivity index (χ3n) is 5.10. The van der Waals surface area contributed by atoms with Crippen LogP contribution in [0, 0.1) is 6.92 Å². The SMILES string of the molecule is Cc1nc2ccccn2c1CN1CCC2(CC1)CNCCO2. The van der Waals surface area contributed by atoms with Gasteiger partial charge in [-0.25, -0.2) is 4.98 Å². The molecule has 4 rings (SSSR count). The standard InChI is InChI=1S/C17H24N4O/c1-14-15(21-8-3-2-4-16(21)19-14)12-20-9-5-17(6-10-20)13-18-7-11-22-17/h2-4,8,18H,5-7,9-13H2,1H3. The highest BCUT2D eigenvalue weighted by atomic mass is 16.5. The van der Waals surface area contributed by atoms with Crippen LogP contribution in [0.15, 0.2) is 24.4 Å². The zero-order chi connectivity index (χ0) is 15.0. The molecule has 5 heteroatoms. The first-order valence-electron chi connectivity index (χ1n) is 8.25. The van der Waals surface area contributed by atoms with Crippen molar-refractivity contribution in [3.8, 4) is 0 Å². The number of morpholine rings is 1. The van der Waals surface area contributed by atoms with Gasteiger partial charge in [-0.1, -0.05) is 6.07 Å². The number of ether oxygens (including phenoxy) is 1. The Labute approximate surface area is 131 Å². The first-order chi connectivity index (χ1) is 10.8. The lowest BCUT2D eigenvalue weighted by molar-refractivity contribution is -0.101. The van der Waals surface area contributed by atoms with Gasteiger partial charge in [0.2, 0.25) is 0 Å². The molecule has 0 radical (unpaired) electrons. The van der Waals surface area contributed by atoms with Gasteiger partial charge in [0.1, 0.15) is 5.65 Å². The lowest BCUT2D eigenvalue weighted by Crippen LogP contribution is -2.55. The predicted octanol–water partition coefficient (Wildman–Crippen LogP) is 1.60. The van der Waals surface area contributed by atoms with E-state index in [9.17, 15) is 0 Å². The molecule has 0 unspecified atom stereocenters. The smallest absolute Gasteiger partial charge is 0.137 e. The number of likely N-dealkylation sites (tertiary alicyclic amines) is 1. The van der Waals surface area contributed by atoms with Crippen molar-refractivity contribution in [2.75, 3.05) is 32.8 Å². The Morgan fingerprint density at radius 3 is 2.95 bits per heavy atom. The van der Waals surface area contributed by atoms with Gasteiger partial charge < -0.3 is 14.5 Å². The number of nitrogens with zero attached hydrogens (tertiary/aromatic N) is 3. The molecule has 0 aromatic carbocycles. The van der Waals surface area contributed by atoms with Crippen LogP contribution in [-0.4, -0.2) is 52.7 Å². The van der Waals surface area contributed by atoms with Crippen molar-refractivity contribution in [1.82, 2.24) is 19.6 Å². The zero-order valence-corrected chi connectivity index (χ0v) is 13.2. The lowest BCUT2D eigenvalue weighted by atomic mass is 9.90. The van der Waals surface area contributed by atoms with Crippen molar-refractivity contribution in [1.29, 1.82) is 0 Å². The summed E-state index contributed by atoms with van der Waals surface area (Å²) in [5.74, 6) is 0. The third-order valence-corrected chi connectivity index (χ3v) is 5.10. The summed E-state index contributed by atoms with van der Waals surface area (Å²) < 4.78 is 8.30. The molecule has 1 N–H and O–H groups in total. The maximum Gasteiger partial charge on any atom is 0.137 e. The summed E-state index contributed by atoms with van der Waals surface area (Å²) in [7, 11) is 0. The summed E-state index contributed by atoms with van der Waals surface area (Å²) in [5, 5.41) is 3.48. The van der Waals surface area contributed by atoms with Crippen molar-refractivity contribution in [2.24, 2.45) is 0 Å². The van der Waals surface area contributed by atoms with Crippen LogP contribution in [0.2, 0.25) is 0 Å². The molecule has 2 aliphatic heterocycles. The van der Waals surface area contributed by atoms with Gasteiger partial charge in [0.05, 0.1) is 23.6 Å². The molecule has 0 amide bonds. The Balaban J connectivity index is 1.47. The average molecular weight is 300 g/mol. The first kappa shape index (κ1) is 14.2. The first-order valence-corrected chi connectivity index (χ1v) is 8.25. The van der Waals surface area contributed by atoms with Crippen LogP contribution < -0.4 is 5.32 Å². The number of aryl methyl sites for hydroxylation is 1. The Kier molecular flexibility index (Phi) is 3.64. The van der Waals surface area contributed by atoms with Gasteiger partial charge in [-0.15, -0.1) is 0 Å². The van der Waals surface area contributed by atoms with Gasteiger partial charge in [-0.3, -0.25) is 4.90 Å². The molecule has 4 heterocycles. The molecule has 0 saturated carbocycles. The Morgan fingerprint density at radius 2 is 2.18 bits per heavy atom. The minimum absolute atomic E-state index is 0.0866. The fourth-order valence-corrected chi connectivity index (χ4v) is 3.71. The van der Waals surface area contributed by atoms with E-state index in [0.717, 1.165) is 63.5 Å². The number of rotatable bonds is 2. The second-order valence-electron chi connectivity index (χ2n) is 6.56. The Hall–Kier alpha value is -1.43. The van der Waals surface area contributed by atoms with Crippen LogP contribution in [-0.2, 0) is 11.3 Å². The number of nitrogens with one attached hydrogen (secondary N) is 1. The van der Waals surface area contributed by atoms with Crippen LogP contribution in [0.1, 0.15) is 24.2 Å². The average Bonchev–Trinajstić information content (AvgIpc) is 2.87. The van der Waals surface area contributed by atoms with Crippen molar-refractivity contribution >= 4 is 5.65 Å². The molecule has 0 atom stereocenters. The largest absolute Gasteiger partial charge is 0.372 e. The van der Waals surface area contributed by atoms with Gasteiger partial charge in [-0.05, 0) is 31.9 Å². The molecule has 0 bridgehead atoms. The maximum absolute atomic E-state index is 6.08. The molecule has 2 aromatic rings. The minimum Gasteiger partial charge on any atom is -0.372 e. The number of hydrogen-bond acceptors (Lipinski definition) is 4. The number of imidazole rings is 1. The van der Waals surface area contributed by atoms with Gasteiger partial charge in [0, 0.05) is 38.9 Å². The van der Waals surface area contributed by atoms with Crippen LogP contribution in [0.5, 0.6) is 0 Å². The summed E-state index contributed by atoms with van der Waals surface area (Å²) >= 11 is 0. The fourth-order valence-electron chi connectivity index (χ4n) is 3.71. The number of fused-ring (bicyclic) bond motifs is 1. The van der Waals surface area contributed by atoms with Crippen molar-refractivity contribution in [2.45, 2.75) is 31.9 Å². The molecule has 1 spiro atoms. The minimum atomic E-state index is 0.0866. The van der Waals surface area contributed by atoms with E-state index in [4.69, 9.17) is 4.74 Å². The van der Waals surface area contributed by atoms with Crippen molar-refractivity contribution in [3.63, 3.8) is 0 Å². The second kappa shape index (κ2) is 5.65. The van der Waals surface area contributed by atoms with Crippen LogP contribution >= 0.6 is 0 Å². The summed E-state index contributed by atoms with van der Waals surface area (Å²) in [6.07, 6.45) is 4.36. The summed E-state index contributed by atoms with van der Waals surface area (Å²) in [6.45, 7) is 8.14. The van der Waals surface area contributed by atoms with E-state index in [2.05, 4.69) is 44.9 Å². The quantitative estimate of drug-likeness (QED) is 0.915. The molecule has 22 heavy (non-hydrogen) atoms. The summed E-state index contributed by atoms with van der Waals surface area (Å²) in [5.41, 5.74) is 3.59. The molecular weight excluding hydrogens is 276 g/mol. The molecule has 2 aliphatic rings. The highest BCUT2D eigenvalue weighted by molar-refractivity contribution is 5.42. The maximum atomic E-state index is 6.08. The number of pyridine rings is 1. The monoisotopic (exact) mass is 300 g/mol. The third kappa shape index (κ3) is 2.53. The molecule has 2 aromatic heterocycles. The molecule has 118 valence electrons. The molecule has 5 nitrogen and oxygen atoms in total. The Bertz CT molecular complexity index is 650. The van der Waals surface area contributed by atoms with Crippen LogP contribution in [0.4, 0.5) is 0 Å².